The molecule has 9 heteroatoms. The van der Waals surface area contributed by atoms with Crippen molar-refractivity contribution in [3.8, 4) is 6.07 Å². The Labute approximate surface area is 185 Å². The first-order valence-electron chi connectivity index (χ1n) is 11.1. The molecule has 3 fully saturated rings. The van der Waals surface area contributed by atoms with Gasteiger partial charge in [-0.2, -0.15) is 18.4 Å². The fraction of sp³-hybridized carbons (Fsp3) is 0.609. The number of likely N-dealkylation sites (tertiary alicyclic amines) is 2. The molecule has 3 atom stereocenters. The maximum atomic E-state index is 14.0. The standard InChI is InChI=1S/C23H27F3N6/c1-30-8-4-22(14-30)5-9-31(15-22)11-17-12-32(13-18(17)23(24,25)26)19-3-2-16(10-27)20-21(19)29-7-6-28-20/h2-3,6-7,17-18H,4-5,8-9,11-15H2,1H3/t17-,18-,22?/m0/s1. The average molecular weight is 445 g/mol. The van der Waals surface area contributed by atoms with Gasteiger partial charge >= 0.3 is 6.18 Å². The number of aromatic nitrogens is 2. The molecule has 0 saturated carbocycles. The topological polar surface area (TPSA) is 59.3 Å². The third-order valence-corrected chi connectivity index (χ3v) is 7.57. The molecule has 1 spiro atoms. The van der Waals surface area contributed by atoms with Crippen LogP contribution < -0.4 is 4.90 Å². The summed E-state index contributed by atoms with van der Waals surface area (Å²) in [6.07, 6.45) is 0.972. The zero-order valence-electron chi connectivity index (χ0n) is 18.1. The summed E-state index contributed by atoms with van der Waals surface area (Å²) in [5.41, 5.74) is 2.18. The van der Waals surface area contributed by atoms with E-state index in [4.69, 9.17) is 0 Å². The molecule has 3 aliphatic heterocycles. The highest BCUT2D eigenvalue weighted by Crippen LogP contribution is 2.43. The van der Waals surface area contributed by atoms with Crippen LogP contribution in [-0.2, 0) is 0 Å². The molecule has 5 rings (SSSR count). The molecular formula is C23H27F3N6. The van der Waals surface area contributed by atoms with Crippen LogP contribution in [0.25, 0.3) is 11.0 Å². The van der Waals surface area contributed by atoms with Crippen molar-refractivity contribution in [1.29, 1.82) is 5.26 Å². The average Bonchev–Trinajstić information content (AvgIpc) is 3.46. The Kier molecular flexibility index (Phi) is 5.25. The molecule has 170 valence electrons. The van der Waals surface area contributed by atoms with Gasteiger partial charge in [-0.05, 0) is 50.5 Å². The molecule has 0 bridgehead atoms. The number of alkyl halides is 3. The number of halogens is 3. The van der Waals surface area contributed by atoms with Crippen LogP contribution in [0.5, 0.6) is 0 Å². The van der Waals surface area contributed by atoms with Gasteiger partial charge in [0, 0.05) is 51.0 Å². The molecule has 1 aromatic carbocycles. The van der Waals surface area contributed by atoms with Crippen molar-refractivity contribution in [3.63, 3.8) is 0 Å². The van der Waals surface area contributed by atoms with Crippen LogP contribution in [0.3, 0.4) is 0 Å². The molecule has 0 radical (unpaired) electrons. The van der Waals surface area contributed by atoms with Crippen molar-refractivity contribution < 1.29 is 13.2 Å². The van der Waals surface area contributed by atoms with E-state index in [0.29, 0.717) is 35.4 Å². The smallest absolute Gasteiger partial charge is 0.369 e. The minimum atomic E-state index is -4.25. The minimum absolute atomic E-state index is 0.0898. The second-order valence-corrected chi connectivity index (χ2v) is 9.78. The molecule has 0 N–H and O–H groups in total. The SMILES string of the molecule is CN1CCC2(CCN(C[C@H]3CN(c4ccc(C#N)c5nccnc45)C[C@@H]3C(F)(F)F)C2)C1. The van der Waals surface area contributed by atoms with E-state index in [1.807, 2.05) is 0 Å². The normalized spacial score (nSPS) is 29.4. The van der Waals surface area contributed by atoms with Gasteiger partial charge in [-0.3, -0.25) is 9.97 Å². The van der Waals surface area contributed by atoms with E-state index in [2.05, 4.69) is 32.9 Å². The number of hydrogen-bond donors (Lipinski definition) is 0. The van der Waals surface area contributed by atoms with Gasteiger partial charge in [0.25, 0.3) is 0 Å². The number of nitriles is 1. The van der Waals surface area contributed by atoms with Gasteiger partial charge in [-0.1, -0.05) is 0 Å². The molecular weight excluding hydrogens is 417 g/mol. The van der Waals surface area contributed by atoms with Crippen LogP contribution in [0, 0.1) is 28.6 Å². The van der Waals surface area contributed by atoms with Crippen molar-refractivity contribution in [2.45, 2.75) is 19.0 Å². The first-order valence-corrected chi connectivity index (χ1v) is 11.1. The molecule has 6 nitrogen and oxygen atoms in total. The maximum Gasteiger partial charge on any atom is 0.393 e. The van der Waals surface area contributed by atoms with Crippen LogP contribution in [0.4, 0.5) is 18.9 Å². The van der Waals surface area contributed by atoms with Gasteiger partial charge < -0.3 is 14.7 Å². The lowest BCUT2D eigenvalue weighted by Crippen LogP contribution is -2.38. The van der Waals surface area contributed by atoms with Crippen molar-refractivity contribution in [2.75, 3.05) is 57.8 Å². The number of nitrogens with zero attached hydrogens (tertiary/aromatic N) is 6. The Morgan fingerprint density at radius 1 is 1.09 bits per heavy atom. The lowest BCUT2D eigenvalue weighted by molar-refractivity contribution is -0.180. The van der Waals surface area contributed by atoms with Gasteiger partial charge in [0.1, 0.15) is 17.1 Å². The Bertz CT molecular complexity index is 1050. The number of rotatable bonds is 3. The van der Waals surface area contributed by atoms with E-state index in [9.17, 15) is 18.4 Å². The maximum absolute atomic E-state index is 14.0. The highest BCUT2D eigenvalue weighted by molar-refractivity contribution is 5.92. The van der Waals surface area contributed by atoms with Gasteiger partial charge in [0.15, 0.2) is 0 Å². The second kappa shape index (κ2) is 7.85. The van der Waals surface area contributed by atoms with E-state index in [0.717, 1.165) is 39.0 Å². The van der Waals surface area contributed by atoms with Crippen LogP contribution in [0.2, 0.25) is 0 Å². The predicted molar refractivity (Wildman–Crippen MR) is 115 cm³/mol. The summed E-state index contributed by atoms with van der Waals surface area (Å²) in [5, 5.41) is 9.36. The van der Waals surface area contributed by atoms with E-state index in [1.54, 1.807) is 17.0 Å². The van der Waals surface area contributed by atoms with Gasteiger partial charge in [0.05, 0.1) is 17.2 Å². The number of anilines is 1. The number of fused-ring (bicyclic) bond motifs is 1. The lowest BCUT2D eigenvalue weighted by Gasteiger charge is -2.28. The third kappa shape index (κ3) is 3.80. The molecule has 0 aliphatic carbocycles. The zero-order valence-corrected chi connectivity index (χ0v) is 18.1. The summed E-state index contributed by atoms with van der Waals surface area (Å²) in [7, 11) is 2.12. The van der Waals surface area contributed by atoms with Crippen molar-refractivity contribution in [1.82, 2.24) is 19.8 Å². The summed E-state index contributed by atoms with van der Waals surface area (Å²) >= 11 is 0. The molecule has 3 saturated heterocycles. The predicted octanol–water partition coefficient (Wildman–Crippen LogP) is 3.14. The highest BCUT2D eigenvalue weighted by atomic mass is 19.4. The third-order valence-electron chi connectivity index (χ3n) is 7.57. The Balaban J connectivity index is 1.38. The number of hydrogen-bond acceptors (Lipinski definition) is 6. The van der Waals surface area contributed by atoms with Crippen molar-refractivity contribution >= 4 is 16.7 Å². The zero-order chi connectivity index (χ0) is 22.5. The van der Waals surface area contributed by atoms with Gasteiger partial charge in [-0.15, -0.1) is 0 Å². The summed E-state index contributed by atoms with van der Waals surface area (Å²) in [6.45, 7) is 4.58. The molecule has 1 unspecified atom stereocenters. The van der Waals surface area contributed by atoms with E-state index in [1.165, 1.54) is 12.4 Å². The van der Waals surface area contributed by atoms with Crippen LogP contribution in [0.15, 0.2) is 24.5 Å². The summed E-state index contributed by atoms with van der Waals surface area (Å²) in [5.74, 6) is -1.88. The Morgan fingerprint density at radius 3 is 2.53 bits per heavy atom. The molecule has 3 aliphatic rings. The van der Waals surface area contributed by atoms with E-state index >= 15 is 0 Å². The largest absolute Gasteiger partial charge is 0.393 e. The fourth-order valence-corrected chi connectivity index (χ4v) is 6.02. The molecule has 32 heavy (non-hydrogen) atoms. The summed E-state index contributed by atoms with van der Waals surface area (Å²) < 4.78 is 42.1. The lowest BCUT2D eigenvalue weighted by atomic mass is 9.86. The molecule has 0 amide bonds. The van der Waals surface area contributed by atoms with E-state index < -0.39 is 18.0 Å². The summed E-state index contributed by atoms with van der Waals surface area (Å²) in [6, 6.07) is 5.43. The van der Waals surface area contributed by atoms with Crippen LogP contribution in [0.1, 0.15) is 18.4 Å². The first kappa shape index (κ1) is 21.4. The Morgan fingerprint density at radius 2 is 1.84 bits per heavy atom. The van der Waals surface area contributed by atoms with Crippen LogP contribution >= 0.6 is 0 Å². The van der Waals surface area contributed by atoms with Gasteiger partial charge in [0.2, 0.25) is 0 Å². The fourth-order valence-electron chi connectivity index (χ4n) is 6.02. The molecule has 1 aromatic heterocycles. The van der Waals surface area contributed by atoms with Crippen molar-refractivity contribution in [2.24, 2.45) is 17.3 Å². The quantitative estimate of drug-likeness (QED) is 0.725. The Hall–Kier alpha value is -2.44. The first-order chi connectivity index (χ1) is 15.3. The van der Waals surface area contributed by atoms with Gasteiger partial charge in [-0.25, -0.2) is 0 Å². The van der Waals surface area contributed by atoms with E-state index in [-0.39, 0.29) is 12.0 Å². The minimum Gasteiger partial charge on any atom is -0.369 e. The molecule has 4 heterocycles. The highest BCUT2D eigenvalue weighted by Gasteiger charge is 2.51. The molecule has 2 aromatic rings. The second-order valence-electron chi connectivity index (χ2n) is 9.78. The number of benzene rings is 1. The monoisotopic (exact) mass is 444 g/mol. The van der Waals surface area contributed by atoms with Crippen molar-refractivity contribution in [3.05, 3.63) is 30.1 Å². The summed E-state index contributed by atoms with van der Waals surface area (Å²) in [4.78, 5) is 15.0. The van der Waals surface area contributed by atoms with Crippen LogP contribution in [-0.4, -0.2) is 78.8 Å².